The number of carbonyl (C=O) groups excluding carboxylic acids is 1. The minimum atomic E-state index is -0.0846. The number of hydrogen-bond donors (Lipinski definition) is 2. The van der Waals surface area contributed by atoms with Crippen molar-refractivity contribution in [2.45, 2.75) is 19.8 Å². The minimum absolute atomic E-state index is 0.0846. The van der Waals surface area contributed by atoms with Gasteiger partial charge in [-0.25, -0.2) is 0 Å². The van der Waals surface area contributed by atoms with Crippen LogP contribution in [0.1, 0.15) is 17.9 Å². The van der Waals surface area contributed by atoms with Crippen molar-refractivity contribution in [3.05, 3.63) is 84.3 Å². The summed E-state index contributed by atoms with van der Waals surface area (Å²) in [6.45, 7) is 1.74. The second-order valence-corrected chi connectivity index (χ2v) is 7.98. The molecule has 2 N–H and O–H groups in total. The molecule has 0 aliphatic carbocycles. The second kappa shape index (κ2) is 9.23. The number of methoxy groups -OCH3 is 1. The number of aromatic amines is 1. The molecule has 0 aliphatic rings. The molecule has 7 heteroatoms. The van der Waals surface area contributed by atoms with Gasteiger partial charge < -0.3 is 19.6 Å². The highest BCUT2D eigenvalue weighted by molar-refractivity contribution is 5.96. The van der Waals surface area contributed by atoms with E-state index in [2.05, 4.69) is 32.6 Å². The van der Waals surface area contributed by atoms with Gasteiger partial charge in [-0.15, -0.1) is 0 Å². The van der Waals surface area contributed by atoms with E-state index in [9.17, 15) is 4.79 Å². The van der Waals surface area contributed by atoms with Gasteiger partial charge in [0.2, 0.25) is 17.6 Å². The van der Waals surface area contributed by atoms with Crippen molar-refractivity contribution in [3.8, 4) is 28.4 Å². The molecule has 2 aromatic heterocycles. The summed E-state index contributed by atoms with van der Waals surface area (Å²) < 4.78 is 10.4. The topological polar surface area (TPSA) is 93.0 Å². The summed E-state index contributed by atoms with van der Waals surface area (Å²) in [6, 6.07) is 23.5. The average Bonchev–Trinajstić information content (AvgIpc) is 3.46. The van der Waals surface area contributed by atoms with E-state index in [1.807, 2.05) is 60.7 Å². The van der Waals surface area contributed by atoms with Crippen molar-refractivity contribution >= 4 is 22.5 Å². The number of aromatic nitrogens is 3. The van der Waals surface area contributed by atoms with Crippen LogP contribution in [-0.4, -0.2) is 28.1 Å². The first-order valence-electron chi connectivity index (χ1n) is 11.1. The van der Waals surface area contributed by atoms with Gasteiger partial charge in [0.05, 0.1) is 12.8 Å². The Labute approximate surface area is 196 Å². The van der Waals surface area contributed by atoms with Crippen molar-refractivity contribution in [2.24, 2.45) is 0 Å². The van der Waals surface area contributed by atoms with E-state index >= 15 is 0 Å². The van der Waals surface area contributed by atoms with Gasteiger partial charge in [-0.1, -0.05) is 35.5 Å². The Hall–Kier alpha value is -4.39. The highest BCUT2D eigenvalue weighted by Crippen LogP contribution is 2.32. The number of aryl methyl sites for hydroxylation is 2. The largest absolute Gasteiger partial charge is 0.497 e. The van der Waals surface area contributed by atoms with Crippen molar-refractivity contribution in [1.82, 2.24) is 15.1 Å². The number of anilines is 1. The number of nitrogens with zero attached hydrogens (tertiary/aromatic N) is 2. The molecular weight excluding hydrogens is 428 g/mol. The van der Waals surface area contributed by atoms with Gasteiger partial charge in [0.15, 0.2) is 0 Å². The Balaban J connectivity index is 1.39. The summed E-state index contributed by atoms with van der Waals surface area (Å²) in [4.78, 5) is 20.8. The molecule has 1 amide bonds. The fourth-order valence-electron chi connectivity index (χ4n) is 4.11. The molecule has 0 fully saturated rings. The van der Waals surface area contributed by atoms with E-state index in [0.29, 0.717) is 30.2 Å². The van der Waals surface area contributed by atoms with Gasteiger partial charge in [-0.2, -0.15) is 4.98 Å². The number of carbonyl (C=O) groups is 1. The number of H-pyrrole nitrogens is 1. The van der Waals surface area contributed by atoms with Gasteiger partial charge in [0.25, 0.3) is 0 Å². The fourth-order valence-corrected chi connectivity index (χ4v) is 4.11. The van der Waals surface area contributed by atoms with E-state index in [1.165, 1.54) is 0 Å². The van der Waals surface area contributed by atoms with E-state index in [-0.39, 0.29) is 5.91 Å². The predicted molar refractivity (Wildman–Crippen MR) is 132 cm³/mol. The molecule has 0 saturated carbocycles. The first-order valence-corrected chi connectivity index (χ1v) is 11.1. The third kappa shape index (κ3) is 4.28. The van der Waals surface area contributed by atoms with Gasteiger partial charge in [0, 0.05) is 35.5 Å². The van der Waals surface area contributed by atoms with Crippen LogP contribution >= 0.6 is 0 Å². The molecule has 3 aromatic carbocycles. The highest BCUT2D eigenvalue weighted by Gasteiger charge is 2.16. The zero-order valence-corrected chi connectivity index (χ0v) is 19.0. The lowest BCUT2D eigenvalue weighted by molar-refractivity contribution is -0.116. The monoisotopic (exact) mass is 452 g/mol. The van der Waals surface area contributed by atoms with E-state index < -0.39 is 0 Å². The van der Waals surface area contributed by atoms with E-state index in [4.69, 9.17) is 9.26 Å². The van der Waals surface area contributed by atoms with Crippen molar-refractivity contribution in [3.63, 3.8) is 0 Å². The lowest BCUT2D eigenvalue weighted by atomic mass is 10.0. The van der Waals surface area contributed by atoms with Gasteiger partial charge in [0.1, 0.15) is 5.75 Å². The predicted octanol–water partition coefficient (Wildman–Crippen LogP) is 5.77. The van der Waals surface area contributed by atoms with Crippen LogP contribution in [0.5, 0.6) is 5.75 Å². The molecule has 0 spiro atoms. The molecule has 0 aliphatic heterocycles. The Morgan fingerprint density at radius 3 is 2.56 bits per heavy atom. The van der Waals surface area contributed by atoms with E-state index in [0.717, 1.165) is 39.0 Å². The first kappa shape index (κ1) is 21.5. The van der Waals surface area contributed by atoms with Gasteiger partial charge >= 0.3 is 0 Å². The summed E-state index contributed by atoms with van der Waals surface area (Å²) in [7, 11) is 1.65. The normalized spacial score (nSPS) is 11.0. The average molecular weight is 453 g/mol. The number of rotatable bonds is 7. The Kier molecular flexibility index (Phi) is 5.82. The van der Waals surface area contributed by atoms with Crippen LogP contribution in [0.15, 0.2) is 77.3 Å². The van der Waals surface area contributed by atoms with Crippen LogP contribution in [0.2, 0.25) is 0 Å². The number of para-hydroxylation sites is 2. The molecule has 2 heterocycles. The number of hydrogen-bond acceptors (Lipinski definition) is 5. The smallest absolute Gasteiger partial charge is 0.224 e. The fraction of sp³-hybridized carbons (Fsp3) is 0.148. The van der Waals surface area contributed by atoms with Crippen molar-refractivity contribution in [2.75, 3.05) is 12.4 Å². The first-order chi connectivity index (χ1) is 16.6. The molecule has 0 radical (unpaired) electrons. The summed E-state index contributed by atoms with van der Waals surface area (Å²) in [5, 5.41) is 8.11. The number of amides is 1. The lowest BCUT2D eigenvalue weighted by Crippen LogP contribution is -2.13. The molecule has 34 heavy (non-hydrogen) atoms. The summed E-state index contributed by atoms with van der Waals surface area (Å²) >= 11 is 0. The molecule has 0 unspecified atom stereocenters. The molecule has 5 aromatic rings. The summed E-state index contributed by atoms with van der Waals surface area (Å²) in [6.07, 6.45) is 0.908. The lowest BCUT2D eigenvalue weighted by Gasteiger charge is -2.10. The molecule has 0 atom stereocenters. The molecule has 0 saturated heterocycles. The molecule has 0 bridgehead atoms. The summed E-state index contributed by atoms with van der Waals surface area (Å²) in [5.41, 5.74) is 5.59. The maximum Gasteiger partial charge on any atom is 0.224 e. The highest BCUT2D eigenvalue weighted by atomic mass is 16.5. The van der Waals surface area contributed by atoms with Crippen molar-refractivity contribution in [1.29, 1.82) is 0 Å². The zero-order valence-electron chi connectivity index (χ0n) is 19.0. The van der Waals surface area contributed by atoms with Crippen LogP contribution in [-0.2, 0) is 11.2 Å². The number of nitrogens with one attached hydrogen (secondary N) is 2. The van der Waals surface area contributed by atoms with Gasteiger partial charge in [-0.3, -0.25) is 4.79 Å². The standard InChI is InChI=1S/C27H24N4O3/c1-17-28-27(31-34-17)22-8-4-6-10-24(22)29-25(32)16-15-21-20-7-3-5-9-23(20)30-26(21)18-11-13-19(33-2)14-12-18/h3-14,30H,15-16H2,1-2H3,(H,29,32). The molecule has 5 rings (SSSR count). The summed E-state index contributed by atoms with van der Waals surface area (Å²) in [5.74, 6) is 1.64. The maximum absolute atomic E-state index is 13.0. The third-order valence-electron chi connectivity index (χ3n) is 5.76. The van der Waals surface area contributed by atoms with Crippen LogP contribution in [0.3, 0.4) is 0 Å². The quantitative estimate of drug-likeness (QED) is 0.327. The Morgan fingerprint density at radius 1 is 1.03 bits per heavy atom. The number of ether oxygens (including phenoxy) is 1. The van der Waals surface area contributed by atoms with Crippen LogP contribution in [0, 0.1) is 6.92 Å². The third-order valence-corrected chi connectivity index (χ3v) is 5.76. The molecule has 170 valence electrons. The SMILES string of the molecule is COc1ccc(-c2[nH]c3ccccc3c2CCC(=O)Nc2ccccc2-c2noc(C)n2)cc1. The molecular formula is C27H24N4O3. The van der Waals surface area contributed by atoms with Crippen molar-refractivity contribution < 1.29 is 14.1 Å². The Bertz CT molecular complexity index is 1450. The van der Waals surface area contributed by atoms with Crippen LogP contribution < -0.4 is 10.1 Å². The maximum atomic E-state index is 13.0. The molecule has 7 nitrogen and oxygen atoms in total. The number of benzene rings is 3. The van der Waals surface area contributed by atoms with E-state index in [1.54, 1.807) is 14.0 Å². The van der Waals surface area contributed by atoms with Gasteiger partial charge in [-0.05, 0) is 60.0 Å². The number of fused-ring (bicyclic) bond motifs is 1. The zero-order chi connectivity index (χ0) is 23.5. The Morgan fingerprint density at radius 2 is 1.79 bits per heavy atom. The second-order valence-electron chi connectivity index (χ2n) is 7.98. The minimum Gasteiger partial charge on any atom is -0.497 e. The van der Waals surface area contributed by atoms with Crippen LogP contribution in [0.25, 0.3) is 33.5 Å². The van der Waals surface area contributed by atoms with Crippen LogP contribution in [0.4, 0.5) is 5.69 Å².